The van der Waals surface area contributed by atoms with E-state index in [1.165, 1.54) is 0 Å². The molecule has 1 unspecified atom stereocenters. The second-order valence-corrected chi connectivity index (χ2v) is 5.08. The lowest BCUT2D eigenvalue weighted by Crippen LogP contribution is -2.53. The van der Waals surface area contributed by atoms with E-state index in [1.807, 2.05) is 13.0 Å². The third-order valence-electron chi connectivity index (χ3n) is 2.06. The first-order valence-electron chi connectivity index (χ1n) is 4.72. The largest absolute Gasteiger partial charge is 0.477 e. The molecule has 3 nitrogen and oxygen atoms in total. The third kappa shape index (κ3) is 2.92. The van der Waals surface area contributed by atoms with Crippen molar-refractivity contribution >= 4 is 0 Å². The fraction of sp³-hybridized carbons (Fsp3) is 0.800. The van der Waals surface area contributed by atoms with Crippen LogP contribution in [0.1, 0.15) is 13.8 Å². The highest BCUT2D eigenvalue weighted by Crippen LogP contribution is 2.19. The Bertz CT molecular complexity index is 217. The van der Waals surface area contributed by atoms with Gasteiger partial charge in [0, 0.05) is 0 Å². The first-order chi connectivity index (χ1) is 5.85. The molecule has 1 aliphatic heterocycles. The molecule has 0 aromatic heterocycles. The van der Waals surface area contributed by atoms with Crippen LogP contribution in [-0.2, 0) is 4.74 Å². The molecule has 0 amide bonds. The summed E-state index contributed by atoms with van der Waals surface area (Å²) < 4.78 is 6.45. The summed E-state index contributed by atoms with van der Waals surface area (Å²) in [4.78, 5) is 0. The molecule has 1 saturated heterocycles. The van der Waals surface area contributed by atoms with Gasteiger partial charge in [0.25, 0.3) is 0 Å². The van der Waals surface area contributed by atoms with E-state index in [1.54, 1.807) is 0 Å². The molecular formula is C10H21N2O+. The molecule has 1 aliphatic rings. The van der Waals surface area contributed by atoms with E-state index in [4.69, 9.17) is 4.74 Å². The Morgan fingerprint density at radius 2 is 2.15 bits per heavy atom. The molecular weight excluding hydrogens is 164 g/mol. The minimum atomic E-state index is 0.0834. The van der Waals surface area contributed by atoms with E-state index < -0.39 is 0 Å². The second kappa shape index (κ2) is 3.22. The van der Waals surface area contributed by atoms with Gasteiger partial charge in [-0.25, -0.2) is 0 Å². The molecule has 0 radical (unpaired) electrons. The van der Waals surface area contributed by atoms with E-state index in [2.05, 4.69) is 33.4 Å². The van der Waals surface area contributed by atoms with Gasteiger partial charge >= 0.3 is 0 Å². The summed E-state index contributed by atoms with van der Waals surface area (Å²) in [5.41, 5.74) is 0.0834. The van der Waals surface area contributed by atoms with Crippen molar-refractivity contribution in [1.29, 1.82) is 0 Å². The van der Waals surface area contributed by atoms with Gasteiger partial charge in [-0.3, -0.25) is 0 Å². The molecule has 1 atom stereocenters. The van der Waals surface area contributed by atoms with Crippen LogP contribution in [0.2, 0.25) is 0 Å². The van der Waals surface area contributed by atoms with Gasteiger partial charge in [0.2, 0.25) is 0 Å². The number of quaternary nitrogens is 1. The summed E-state index contributed by atoms with van der Waals surface area (Å²) in [6, 6.07) is 0. The Morgan fingerprint density at radius 3 is 2.54 bits per heavy atom. The van der Waals surface area contributed by atoms with E-state index in [0.29, 0.717) is 0 Å². The van der Waals surface area contributed by atoms with Crippen molar-refractivity contribution in [2.24, 2.45) is 0 Å². The maximum Gasteiger partial charge on any atom is 0.183 e. The lowest BCUT2D eigenvalue weighted by atomic mass is 10.0. The minimum Gasteiger partial charge on any atom is -0.477 e. The van der Waals surface area contributed by atoms with Gasteiger partial charge in [-0.1, -0.05) is 0 Å². The van der Waals surface area contributed by atoms with Gasteiger partial charge in [-0.15, -0.1) is 0 Å². The van der Waals surface area contributed by atoms with E-state index in [0.717, 1.165) is 23.5 Å². The fourth-order valence-corrected chi connectivity index (χ4v) is 1.89. The summed E-state index contributed by atoms with van der Waals surface area (Å²) in [6.45, 7) is 6.01. The summed E-state index contributed by atoms with van der Waals surface area (Å²) >= 11 is 0. The van der Waals surface area contributed by atoms with Crippen molar-refractivity contribution in [3.63, 3.8) is 0 Å². The average Bonchev–Trinajstić information content (AvgIpc) is 2.27. The van der Waals surface area contributed by atoms with Gasteiger partial charge in [0.15, 0.2) is 5.88 Å². The number of rotatable bonds is 2. The van der Waals surface area contributed by atoms with Crippen LogP contribution in [0.5, 0.6) is 0 Å². The maximum absolute atomic E-state index is 5.50. The predicted octanol–water partition coefficient (Wildman–Crippen LogP) is 0.932. The first kappa shape index (κ1) is 10.4. The quantitative estimate of drug-likeness (QED) is 0.646. The molecule has 0 spiro atoms. The van der Waals surface area contributed by atoms with Crippen LogP contribution >= 0.6 is 0 Å². The molecule has 0 aliphatic carbocycles. The minimum absolute atomic E-state index is 0.0834. The second-order valence-electron chi connectivity index (χ2n) is 5.08. The van der Waals surface area contributed by atoms with E-state index in [9.17, 15) is 0 Å². The van der Waals surface area contributed by atoms with Crippen molar-refractivity contribution in [1.82, 2.24) is 5.32 Å². The topological polar surface area (TPSA) is 21.3 Å². The van der Waals surface area contributed by atoms with Crippen molar-refractivity contribution in [3.05, 3.63) is 12.0 Å². The Hall–Kier alpha value is -0.700. The van der Waals surface area contributed by atoms with Crippen molar-refractivity contribution in [2.45, 2.75) is 19.4 Å². The van der Waals surface area contributed by atoms with Crippen molar-refractivity contribution < 1.29 is 9.22 Å². The Balaban J connectivity index is 2.60. The van der Waals surface area contributed by atoms with Gasteiger partial charge in [-0.2, -0.15) is 0 Å². The highest BCUT2D eigenvalue weighted by atomic mass is 16.5. The summed E-state index contributed by atoms with van der Waals surface area (Å²) in [5.74, 6) is 0.913. The Morgan fingerprint density at radius 1 is 1.54 bits per heavy atom. The maximum atomic E-state index is 5.50. The number of nitrogens with zero attached hydrogens (tertiary/aromatic N) is 1. The molecule has 1 rings (SSSR count). The lowest BCUT2D eigenvalue weighted by Gasteiger charge is -2.32. The molecule has 1 heterocycles. The van der Waals surface area contributed by atoms with E-state index in [-0.39, 0.29) is 5.54 Å². The molecule has 1 N–H and O–H groups in total. The van der Waals surface area contributed by atoms with Crippen molar-refractivity contribution in [3.8, 4) is 0 Å². The van der Waals surface area contributed by atoms with Crippen LogP contribution in [0.3, 0.4) is 0 Å². The molecule has 1 fully saturated rings. The summed E-state index contributed by atoms with van der Waals surface area (Å²) in [6.07, 6.45) is 1.97. The number of allylic oxidation sites excluding steroid dienone is 1. The van der Waals surface area contributed by atoms with Gasteiger partial charge in [-0.05, 0) is 19.9 Å². The van der Waals surface area contributed by atoms with Crippen molar-refractivity contribution in [2.75, 3.05) is 34.3 Å². The van der Waals surface area contributed by atoms with Crippen LogP contribution in [0, 0.1) is 0 Å². The molecule has 0 bridgehead atoms. The number of nitrogens with one attached hydrogen (secondary N) is 1. The monoisotopic (exact) mass is 185 g/mol. The standard InChI is InChI=1S/C10H21N2O/c1-6-9-11-10(2,8-13-9)7-12(3,4)5/h6,11H,7-8H2,1-5H3/q+1. The van der Waals surface area contributed by atoms with Crippen LogP contribution < -0.4 is 5.32 Å². The summed E-state index contributed by atoms with van der Waals surface area (Å²) in [7, 11) is 6.59. The Kier molecular flexibility index (Phi) is 2.57. The lowest BCUT2D eigenvalue weighted by molar-refractivity contribution is -0.874. The normalized spacial score (nSPS) is 31.6. The zero-order valence-corrected chi connectivity index (χ0v) is 9.35. The molecule has 76 valence electrons. The first-order valence-corrected chi connectivity index (χ1v) is 4.72. The van der Waals surface area contributed by atoms with Gasteiger partial charge in [0.1, 0.15) is 18.7 Å². The molecule has 0 aromatic carbocycles. The number of likely N-dealkylation sites (N-methyl/N-ethyl adjacent to an activating group) is 1. The zero-order valence-electron chi connectivity index (χ0n) is 9.35. The highest BCUT2D eigenvalue weighted by molar-refractivity contribution is 5.03. The number of ether oxygens (including phenoxy) is 1. The number of hydrogen-bond donors (Lipinski definition) is 1. The van der Waals surface area contributed by atoms with Crippen LogP contribution in [0.15, 0.2) is 12.0 Å². The van der Waals surface area contributed by atoms with Crippen LogP contribution in [0.4, 0.5) is 0 Å². The number of hydrogen-bond acceptors (Lipinski definition) is 2. The summed E-state index contributed by atoms with van der Waals surface area (Å²) in [5, 5.41) is 3.40. The third-order valence-corrected chi connectivity index (χ3v) is 2.06. The molecule has 13 heavy (non-hydrogen) atoms. The highest BCUT2D eigenvalue weighted by Gasteiger charge is 2.37. The molecule has 3 heteroatoms. The molecule has 0 aromatic rings. The smallest absolute Gasteiger partial charge is 0.183 e. The van der Waals surface area contributed by atoms with Crippen LogP contribution in [0.25, 0.3) is 0 Å². The molecule has 0 saturated carbocycles. The predicted molar refractivity (Wildman–Crippen MR) is 54.1 cm³/mol. The SMILES string of the molecule is CC=C1NC(C)(C[N+](C)(C)C)CO1. The fourth-order valence-electron chi connectivity index (χ4n) is 1.89. The van der Waals surface area contributed by atoms with Gasteiger partial charge in [0.05, 0.1) is 21.1 Å². The van der Waals surface area contributed by atoms with Crippen LogP contribution in [-0.4, -0.2) is 44.3 Å². The van der Waals surface area contributed by atoms with E-state index >= 15 is 0 Å². The Labute approximate surface area is 81.0 Å². The zero-order chi connectivity index (χ0) is 10.1. The average molecular weight is 185 g/mol. The van der Waals surface area contributed by atoms with Gasteiger partial charge < -0.3 is 14.5 Å².